The molecule has 5 nitrogen and oxygen atoms in total. The molecule has 2 aromatic rings. The molecule has 0 unspecified atom stereocenters. The highest BCUT2D eigenvalue weighted by molar-refractivity contribution is 7.91. The van der Waals surface area contributed by atoms with Gasteiger partial charge in [-0.3, -0.25) is 4.79 Å². The van der Waals surface area contributed by atoms with Crippen LogP contribution in [-0.2, 0) is 16.4 Å². The minimum absolute atomic E-state index is 0.0419. The SMILES string of the molecule is COc1ccc(C(=O)N(Cc2cccs2)[C@@H]2CCS(=O)(=O)C2)cc1. The highest BCUT2D eigenvalue weighted by atomic mass is 32.2. The first-order valence-electron chi connectivity index (χ1n) is 7.66. The molecule has 0 radical (unpaired) electrons. The summed E-state index contributed by atoms with van der Waals surface area (Å²) in [5.41, 5.74) is 0.539. The summed E-state index contributed by atoms with van der Waals surface area (Å²) in [4.78, 5) is 15.7. The third-order valence-corrected chi connectivity index (χ3v) is 6.76. The fourth-order valence-corrected chi connectivity index (χ4v) is 5.29. The van der Waals surface area contributed by atoms with Gasteiger partial charge in [-0.2, -0.15) is 0 Å². The molecule has 1 aromatic carbocycles. The number of amides is 1. The van der Waals surface area contributed by atoms with E-state index >= 15 is 0 Å². The van der Waals surface area contributed by atoms with Crippen LogP contribution in [0.3, 0.4) is 0 Å². The second kappa shape index (κ2) is 6.94. The number of thiophene rings is 1. The number of sulfone groups is 1. The topological polar surface area (TPSA) is 63.7 Å². The normalized spacial score (nSPS) is 19.1. The number of hydrogen-bond donors (Lipinski definition) is 0. The molecule has 1 aromatic heterocycles. The van der Waals surface area contributed by atoms with Crippen LogP contribution >= 0.6 is 11.3 Å². The minimum Gasteiger partial charge on any atom is -0.497 e. The summed E-state index contributed by atoms with van der Waals surface area (Å²) in [7, 11) is -1.48. The molecule has 1 atom stereocenters. The Bertz CT molecular complexity index is 798. The quantitative estimate of drug-likeness (QED) is 0.817. The van der Waals surface area contributed by atoms with E-state index in [1.165, 1.54) is 0 Å². The van der Waals surface area contributed by atoms with Crippen molar-refractivity contribution in [3.63, 3.8) is 0 Å². The molecule has 0 saturated carbocycles. The molecule has 1 aliphatic rings. The number of methoxy groups -OCH3 is 1. The van der Waals surface area contributed by atoms with Crippen molar-refractivity contribution in [3.05, 3.63) is 52.2 Å². The van der Waals surface area contributed by atoms with E-state index < -0.39 is 9.84 Å². The summed E-state index contributed by atoms with van der Waals surface area (Å²) < 4.78 is 28.8. The van der Waals surface area contributed by atoms with E-state index in [4.69, 9.17) is 4.74 Å². The van der Waals surface area contributed by atoms with E-state index in [9.17, 15) is 13.2 Å². The molecule has 0 bridgehead atoms. The molecule has 0 spiro atoms. The first-order valence-corrected chi connectivity index (χ1v) is 10.4. The number of rotatable bonds is 5. The van der Waals surface area contributed by atoms with Crippen molar-refractivity contribution in [1.82, 2.24) is 4.90 Å². The van der Waals surface area contributed by atoms with Crippen LogP contribution in [0.25, 0.3) is 0 Å². The maximum Gasteiger partial charge on any atom is 0.254 e. The van der Waals surface area contributed by atoms with E-state index in [1.807, 2.05) is 17.5 Å². The van der Waals surface area contributed by atoms with Gasteiger partial charge < -0.3 is 9.64 Å². The Morgan fingerprint density at radius 3 is 2.58 bits per heavy atom. The summed E-state index contributed by atoms with van der Waals surface area (Å²) in [6.07, 6.45) is 0.496. The molecule has 1 aliphatic heterocycles. The standard InChI is InChI=1S/C17H19NO4S2/c1-22-15-6-4-13(5-7-15)17(19)18(11-16-3-2-9-23-16)14-8-10-24(20,21)12-14/h2-7,9,14H,8,10-12H2,1H3/t14-/m1/s1. The molecular formula is C17H19NO4S2. The largest absolute Gasteiger partial charge is 0.497 e. The van der Waals surface area contributed by atoms with Gasteiger partial charge in [-0.05, 0) is 42.1 Å². The van der Waals surface area contributed by atoms with Gasteiger partial charge in [0.2, 0.25) is 0 Å². The zero-order valence-electron chi connectivity index (χ0n) is 13.3. The Kier molecular flexibility index (Phi) is 4.91. The second-order valence-corrected chi connectivity index (χ2v) is 9.06. The Morgan fingerprint density at radius 2 is 2.04 bits per heavy atom. The van der Waals surface area contributed by atoms with Crippen LogP contribution in [0, 0.1) is 0 Å². The number of nitrogens with zero attached hydrogens (tertiary/aromatic N) is 1. The lowest BCUT2D eigenvalue weighted by molar-refractivity contribution is 0.0683. The molecule has 3 rings (SSSR count). The van der Waals surface area contributed by atoms with Gasteiger partial charge >= 0.3 is 0 Å². The van der Waals surface area contributed by atoms with Gasteiger partial charge in [-0.15, -0.1) is 11.3 Å². The highest BCUT2D eigenvalue weighted by Crippen LogP contribution is 2.24. The van der Waals surface area contributed by atoms with Gasteiger partial charge in [0.15, 0.2) is 9.84 Å². The summed E-state index contributed by atoms with van der Waals surface area (Å²) in [5.74, 6) is 0.724. The Morgan fingerprint density at radius 1 is 1.29 bits per heavy atom. The van der Waals surface area contributed by atoms with Crippen LogP contribution in [-0.4, -0.2) is 43.9 Å². The lowest BCUT2D eigenvalue weighted by atomic mass is 10.1. The van der Waals surface area contributed by atoms with Crippen LogP contribution in [0.5, 0.6) is 5.75 Å². The molecule has 1 amide bonds. The monoisotopic (exact) mass is 365 g/mol. The number of hydrogen-bond acceptors (Lipinski definition) is 5. The Labute approximate surface area is 145 Å². The van der Waals surface area contributed by atoms with Gasteiger partial charge in [-0.25, -0.2) is 8.42 Å². The van der Waals surface area contributed by atoms with Crippen molar-refractivity contribution in [3.8, 4) is 5.75 Å². The molecule has 128 valence electrons. The smallest absolute Gasteiger partial charge is 0.254 e. The molecule has 0 N–H and O–H groups in total. The number of carbonyl (C=O) groups excluding carboxylic acids is 1. The van der Waals surface area contributed by atoms with Crippen molar-refractivity contribution in [2.24, 2.45) is 0 Å². The Hall–Kier alpha value is -1.86. The van der Waals surface area contributed by atoms with Gasteiger partial charge in [0.1, 0.15) is 5.75 Å². The van der Waals surface area contributed by atoms with Crippen LogP contribution in [0.15, 0.2) is 41.8 Å². The van der Waals surface area contributed by atoms with Crippen LogP contribution in [0.1, 0.15) is 21.7 Å². The molecule has 24 heavy (non-hydrogen) atoms. The molecule has 0 aliphatic carbocycles. The maximum absolute atomic E-state index is 13.0. The van der Waals surface area contributed by atoms with E-state index in [0.717, 1.165) is 4.88 Å². The van der Waals surface area contributed by atoms with Gasteiger partial charge in [0, 0.05) is 16.5 Å². The van der Waals surface area contributed by atoms with Gasteiger partial charge in [0.05, 0.1) is 25.2 Å². The molecule has 1 saturated heterocycles. The van der Waals surface area contributed by atoms with Crippen molar-refractivity contribution >= 4 is 27.1 Å². The summed E-state index contributed by atoms with van der Waals surface area (Å²) in [5, 5.41) is 1.96. The van der Waals surface area contributed by atoms with Crippen LogP contribution < -0.4 is 4.74 Å². The average molecular weight is 365 g/mol. The lowest BCUT2D eigenvalue weighted by Gasteiger charge is -2.28. The predicted molar refractivity (Wildman–Crippen MR) is 94.2 cm³/mol. The zero-order chi connectivity index (χ0) is 17.2. The first kappa shape index (κ1) is 17.0. The van der Waals surface area contributed by atoms with Gasteiger partial charge in [0.25, 0.3) is 5.91 Å². The highest BCUT2D eigenvalue weighted by Gasteiger charge is 2.35. The van der Waals surface area contributed by atoms with Crippen molar-refractivity contribution in [1.29, 1.82) is 0 Å². The van der Waals surface area contributed by atoms with Crippen molar-refractivity contribution in [2.75, 3.05) is 18.6 Å². The average Bonchev–Trinajstić information content (AvgIpc) is 3.21. The zero-order valence-corrected chi connectivity index (χ0v) is 15.0. The molecule has 2 heterocycles. The van der Waals surface area contributed by atoms with Crippen molar-refractivity contribution < 1.29 is 17.9 Å². The minimum atomic E-state index is -3.06. The second-order valence-electron chi connectivity index (χ2n) is 5.80. The van der Waals surface area contributed by atoms with E-state index in [-0.39, 0.29) is 23.5 Å². The molecule has 7 heteroatoms. The predicted octanol–water partition coefficient (Wildman–Crippen LogP) is 2.59. The summed E-state index contributed by atoms with van der Waals surface area (Å²) in [6, 6.07) is 10.5. The fourth-order valence-electron chi connectivity index (χ4n) is 2.86. The van der Waals surface area contributed by atoms with Gasteiger partial charge in [-0.1, -0.05) is 6.07 Å². The summed E-state index contributed by atoms with van der Waals surface area (Å²) in [6.45, 7) is 0.433. The summed E-state index contributed by atoms with van der Waals surface area (Å²) >= 11 is 1.57. The third kappa shape index (κ3) is 3.79. The van der Waals surface area contributed by atoms with Crippen molar-refractivity contribution in [2.45, 2.75) is 19.0 Å². The molecule has 1 fully saturated rings. The maximum atomic E-state index is 13.0. The third-order valence-electron chi connectivity index (χ3n) is 4.15. The van der Waals surface area contributed by atoms with Crippen LogP contribution in [0.2, 0.25) is 0 Å². The van der Waals surface area contributed by atoms with E-state index in [1.54, 1.807) is 47.6 Å². The lowest BCUT2D eigenvalue weighted by Crippen LogP contribution is -2.40. The fraction of sp³-hybridized carbons (Fsp3) is 0.353. The van der Waals surface area contributed by atoms with Crippen LogP contribution in [0.4, 0.5) is 0 Å². The van der Waals surface area contributed by atoms with E-state index in [0.29, 0.717) is 24.3 Å². The number of carbonyl (C=O) groups is 1. The first-order chi connectivity index (χ1) is 11.5. The number of ether oxygens (including phenoxy) is 1. The number of benzene rings is 1. The van der Waals surface area contributed by atoms with E-state index in [2.05, 4.69) is 0 Å². The molecular weight excluding hydrogens is 346 g/mol. The Balaban J connectivity index is 1.86.